The average molecular weight is 268 g/mol. The molecule has 0 N–H and O–H groups in total. The Kier molecular flexibility index (Phi) is 3.97. The zero-order valence-electron chi connectivity index (χ0n) is 9.80. The van der Waals surface area contributed by atoms with Crippen LogP contribution in [0.25, 0.3) is 0 Å². The minimum absolute atomic E-state index is 0.330. The highest BCUT2D eigenvalue weighted by Crippen LogP contribution is 2.26. The predicted molar refractivity (Wildman–Crippen MR) is 72.7 cm³/mol. The molecule has 90 valence electrons. The lowest BCUT2D eigenvalue weighted by Gasteiger charge is -2.26. The van der Waals surface area contributed by atoms with Crippen LogP contribution in [0.2, 0.25) is 5.15 Å². The number of hydrogen-bond acceptors (Lipinski definition) is 4. The van der Waals surface area contributed by atoms with Gasteiger partial charge in [0.05, 0.1) is 11.7 Å². The highest BCUT2D eigenvalue weighted by molar-refractivity contribution is 6.99. The van der Waals surface area contributed by atoms with Crippen molar-refractivity contribution in [3.05, 3.63) is 41.0 Å². The van der Waals surface area contributed by atoms with Gasteiger partial charge >= 0.3 is 0 Å². The zero-order chi connectivity index (χ0) is 12.3. The van der Waals surface area contributed by atoms with Gasteiger partial charge in [0, 0.05) is 12.6 Å². The Hall–Kier alpha value is -1.13. The lowest BCUT2D eigenvalue weighted by atomic mass is 10.2. The molecule has 0 unspecified atom stereocenters. The van der Waals surface area contributed by atoms with Crippen LogP contribution < -0.4 is 4.90 Å². The molecule has 0 saturated carbocycles. The molecule has 0 aliphatic heterocycles. The maximum Gasteiger partial charge on any atom is 0.187 e. The predicted octanol–water partition coefficient (Wildman–Crippen LogP) is 3.61. The molecule has 0 radical (unpaired) electrons. The Morgan fingerprint density at radius 1 is 1.24 bits per heavy atom. The van der Waals surface area contributed by atoms with Gasteiger partial charge in [-0.2, -0.15) is 8.75 Å². The lowest BCUT2D eigenvalue weighted by molar-refractivity contribution is 0.676. The van der Waals surface area contributed by atoms with Crippen molar-refractivity contribution in [2.75, 3.05) is 4.90 Å². The summed E-state index contributed by atoms with van der Waals surface area (Å²) in [6.07, 6.45) is 0. The van der Waals surface area contributed by atoms with Gasteiger partial charge in [0.15, 0.2) is 11.0 Å². The van der Waals surface area contributed by atoms with Crippen molar-refractivity contribution in [1.82, 2.24) is 8.75 Å². The first-order chi connectivity index (χ1) is 8.18. The van der Waals surface area contributed by atoms with Crippen molar-refractivity contribution < 1.29 is 0 Å². The molecule has 0 amide bonds. The summed E-state index contributed by atoms with van der Waals surface area (Å²) in [7, 11) is 0. The summed E-state index contributed by atoms with van der Waals surface area (Å²) in [5.74, 6) is 0.774. The lowest BCUT2D eigenvalue weighted by Crippen LogP contribution is -2.30. The molecule has 0 bridgehead atoms. The minimum atomic E-state index is 0.330. The van der Waals surface area contributed by atoms with Crippen molar-refractivity contribution in [2.45, 2.75) is 26.4 Å². The number of benzene rings is 1. The molecule has 0 aliphatic rings. The van der Waals surface area contributed by atoms with Gasteiger partial charge in [0.2, 0.25) is 0 Å². The van der Waals surface area contributed by atoms with Gasteiger partial charge in [-0.3, -0.25) is 0 Å². The monoisotopic (exact) mass is 267 g/mol. The molecule has 3 nitrogen and oxygen atoms in total. The van der Waals surface area contributed by atoms with Crippen LogP contribution in [0.15, 0.2) is 30.3 Å². The second-order valence-electron chi connectivity index (χ2n) is 4.09. The van der Waals surface area contributed by atoms with Crippen molar-refractivity contribution in [1.29, 1.82) is 0 Å². The Morgan fingerprint density at radius 2 is 1.94 bits per heavy atom. The maximum absolute atomic E-state index is 6.04. The summed E-state index contributed by atoms with van der Waals surface area (Å²) in [6, 6.07) is 10.6. The summed E-state index contributed by atoms with van der Waals surface area (Å²) in [5, 5.41) is 0.486. The number of halogens is 1. The van der Waals surface area contributed by atoms with E-state index in [9.17, 15) is 0 Å². The van der Waals surface area contributed by atoms with E-state index in [0.717, 1.165) is 24.1 Å². The minimum Gasteiger partial charge on any atom is -0.346 e. The van der Waals surface area contributed by atoms with Gasteiger partial charge in [-0.25, -0.2) is 0 Å². The maximum atomic E-state index is 6.04. The summed E-state index contributed by atoms with van der Waals surface area (Å²) < 4.78 is 8.27. The van der Waals surface area contributed by atoms with E-state index in [2.05, 4.69) is 39.6 Å². The standard InChI is InChI=1S/C12H14ClN3S/c1-9(2)16(12-11(13)14-17-15-12)8-10-6-4-3-5-7-10/h3-7,9H,8H2,1-2H3. The number of aromatic nitrogens is 2. The second kappa shape index (κ2) is 5.47. The van der Waals surface area contributed by atoms with Crippen LogP contribution in [0, 0.1) is 0 Å². The van der Waals surface area contributed by atoms with Crippen molar-refractivity contribution in [3.63, 3.8) is 0 Å². The van der Waals surface area contributed by atoms with Crippen LogP contribution in [-0.2, 0) is 6.54 Å². The quantitative estimate of drug-likeness (QED) is 0.847. The second-order valence-corrected chi connectivity index (χ2v) is 4.97. The third-order valence-electron chi connectivity index (χ3n) is 2.52. The Bertz CT molecular complexity index is 470. The topological polar surface area (TPSA) is 29.0 Å². The molecule has 2 rings (SSSR count). The molecule has 1 heterocycles. The van der Waals surface area contributed by atoms with Crippen molar-refractivity contribution in [3.8, 4) is 0 Å². The molecule has 0 spiro atoms. The largest absolute Gasteiger partial charge is 0.346 e. The van der Waals surface area contributed by atoms with Gasteiger partial charge in [0.25, 0.3) is 0 Å². The third-order valence-corrected chi connectivity index (χ3v) is 3.40. The summed E-state index contributed by atoms with van der Waals surface area (Å²) in [6.45, 7) is 5.04. The molecule has 1 aromatic heterocycles. The highest BCUT2D eigenvalue weighted by atomic mass is 35.5. The van der Waals surface area contributed by atoms with Crippen LogP contribution in [-0.4, -0.2) is 14.8 Å². The zero-order valence-corrected chi connectivity index (χ0v) is 11.4. The van der Waals surface area contributed by atoms with E-state index in [1.807, 2.05) is 18.2 Å². The molecule has 17 heavy (non-hydrogen) atoms. The first-order valence-corrected chi connectivity index (χ1v) is 6.58. The smallest absolute Gasteiger partial charge is 0.187 e. The molecule has 0 aliphatic carbocycles. The number of rotatable bonds is 4. The van der Waals surface area contributed by atoms with Crippen LogP contribution in [0.5, 0.6) is 0 Å². The fourth-order valence-electron chi connectivity index (χ4n) is 1.63. The van der Waals surface area contributed by atoms with Gasteiger partial charge in [0.1, 0.15) is 0 Å². The van der Waals surface area contributed by atoms with Crippen LogP contribution in [0.4, 0.5) is 5.82 Å². The van der Waals surface area contributed by atoms with E-state index in [1.54, 1.807) is 0 Å². The van der Waals surface area contributed by atoms with Crippen LogP contribution >= 0.6 is 23.3 Å². The van der Waals surface area contributed by atoms with Crippen LogP contribution in [0.1, 0.15) is 19.4 Å². The first kappa shape index (κ1) is 12.3. The van der Waals surface area contributed by atoms with E-state index in [-0.39, 0.29) is 0 Å². The number of anilines is 1. The van der Waals surface area contributed by atoms with Crippen LogP contribution in [0.3, 0.4) is 0 Å². The molecule has 0 atom stereocenters. The van der Waals surface area contributed by atoms with Crippen molar-refractivity contribution >= 4 is 29.1 Å². The van der Waals surface area contributed by atoms with Gasteiger partial charge < -0.3 is 4.90 Å². The molecule has 0 fully saturated rings. The molecule has 5 heteroatoms. The molecule has 2 aromatic rings. The van der Waals surface area contributed by atoms with E-state index in [4.69, 9.17) is 11.6 Å². The molecule has 0 saturated heterocycles. The summed E-state index contributed by atoms with van der Waals surface area (Å²) >= 11 is 7.19. The Labute approximate surface area is 110 Å². The van der Waals surface area contributed by atoms with Gasteiger partial charge in [-0.15, -0.1) is 0 Å². The van der Waals surface area contributed by atoms with E-state index < -0.39 is 0 Å². The van der Waals surface area contributed by atoms with E-state index >= 15 is 0 Å². The summed E-state index contributed by atoms with van der Waals surface area (Å²) in [4.78, 5) is 2.15. The fourth-order valence-corrected chi connectivity index (χ4v) is 2.38. The normalized spacial score (nSPS) is 10.8. The molecular formula is C12H14ClN3S. The highest BCUT2D eigenvalue weighted by Gasteiger charge is 2.17. The molecule has 1 aromatic carbocycles. The fraction of sp³-hybridized carbons (Fsp3) is 0.333. The van der Waals surface area contributed by atoms with E-state index in [1.165, 1.54) is 5.56 Å². The number of hydrogen-bond donors (Lipinski definition) is 0. The Morgan fingerprint density at radius 3 is 2.47 bits per heavy atom. The SMILES string of the molecule is CC(C)N(Cc1ccccc1)c1nsnc1Cl. The van der Waals surface area contributed by atoms with Gasteiger partial charge in [-0.1, -0.05) is 41.9 Å². The molecular weight excluding hydrogens is 254 g/mol. The number of nitrogens with zero attached hydrogens (tertiary/aromatic N) is 3. The summed E-state index contributed by atoms with van der Waals surface area (Å²) in [5.41, 5.74) is 1.24. The van der Waals surface area contributed by atoms with E-state index in [0.29, 0.717) is 11.2 Å². The third kappa shape index (κ3) is 2.96. The first-order valence-electron chi connectivity index (χ1n) is 5.47. The van der Waals surface area contributed by atoms with Gasteiger partial charge in [-0.05, 0) is 19.4 Å². The average Bonchev–Trinajstić information content (AvgIpc) is 2.73. The Balaban J connectivity index is 2.23. The van der Waals surface area contributed by atoms with Crippen molar-refractivity contribution in [2.24, 2.45) is 0 Å².